The highest BCUT2D eigenvalue weighted by atomic mass is 16.5. The average Bonchev–Trinajstić information content (AvgIpc) is 2.30. The summed E-state index contributed by atoms with van der Waals surface area (Å²) in [7, 11) is 6.21. The van der Waals surface area contributed by atoms with Crippen LogP contribution in [-0.4, -0.2) is 38.7 Å². The first-order valence-corrected chi connectivity index (χ1v) is 6.62. The molecule has 1 atom stereocenters. The summed E-state index contributed by atoms with van der Waals surface area (Å²) < 4.78 is 5.88. The van der Waals surface area contributed by atoms with Gasteiger partial charge in [-0.1, -0.05) is 18.2 Å². The molecule has 1 N–H and O–H groups in total. The number of nitrogens with zero attached hydrogens (tertiary/aromatic N) is 1. The van der Waals surface area contributed by atoms with Crippen LogP contribution in [0.15, 0.2) is 24.3 Å². The van der Waals surface area contributed by atoms with Crippen LogP contribution in [0.5, 0.6) is 5.75 Å². The Bertz CT molecular complexity index is 350. The third-order valence-corrected chi connectivity index (χ3v) is 2.87. The molecule has 3 nitrogen and oxygen atoms in total. The summed E-state index contributed by atoms with van der Waals surface area (Å²) in [4.78, 5) is 2.20. The molecule has 18 heavy (non-hydrogen) atoms. The van der Waals surface area contributed by atoms with Gasteiger partial charge < -0.3 is 15.0 Å². The zero-order valence-electron chi connectivity index (χ0n) is 12.2. The second-order valence-corrected chi connectivity index (χ2v) is 5.14. The molecule has 0 radical (unpaired) electrons. The highest BCUT2D eigenvalue weighted by Gasteiger charge is 2.15. The maximum Gasteiger partial charge on any atom is 0.124 e. The van der Waals surface area contributed by atoms with Crippen LogP contribution < -0.4 is 10.1 Å². The third kappa shape index (κ3) is 4.67. The fraction of sp³-hybridized carbons (Fsp3) is 0.600. The van der Waals surface area contributed by atoms with Crippen molar-refractivity contribution in [3.8, 4) is 5.75 Å². The van der Waals surface area contributed by atoms with E-state index in [1.807, 2.05) is 13.1 Å². The van der Waals surface area contributed by atoms with Gasteiger partial charge in [0.05, 0.1) is 6.10 Å². The first-order valence-electron chi connectivity index (χ1n) is 6.62. The van der Waals surface area contributed by atoms with Crippen molar-refractivity contribution in [2.75, 3.05) is 27.7 Å². The molecule has 1 aromatic carbocycles. The molecule has 0 amide bonds. The molecule has 0 aliphatic rings. The van der Waals surface area contributed by atoms with Gasteiger partial charge in [-0.15, -0.1) is 0 Å². The fourth-order valence-electron chi connectivity index (χ4n) is 1.97. The van der Waals surface area contributed by atoms with Crippen LogP contribution >= 0.6 is 0 Å². The van der Waals surface area contributed by atoms with E-state index < -0.39 is 0 Å². The molecule has 3 heteroatoms. The molecule has 1 rings (SSSR count). The van der Waals surface area contributed by atoms with E-state index >= 15 is 0 Å². The number of nitrogens with one attached hydrogen (secondary N) is 1. The quantitative estimate of drug-likeness (QED) is 0.805. The van der Waals surface area contributed by atoms with Crippen molar-refractivity contribution in [1.82, 2.24) is 10.2 Å². The van der Waals surface area contributed by atoms with E-state index in [9.17, 15) is 0 Å². The second-order valence-electron chi connectivity index (χ2n) is 5.14. The minimum absolute atomic E-state index is 0.206. The second kappa shape index (κ2) is 7.39. The minimum atomic E-state index is 0.206. The molecule has 0 saturated heterocycles. The van der Waals surface area contributed by atoms with Gasteiger partial charge in [-0.3, -0.25) is 0 Å². The Hall–Kier alpha value is -1.06. The van der Waals surface area contributed by atoms with Crippen LogP contribution in [0.2, 0.25) is 0 Å². The first kappa shape index (κ1) is 15.0. The predicted molar refractivity (Wildman–Crippen MR) is 77.2 cm³/mol. The molecule has 0 spiro atoms. The van der Waals surface area contributed by atoms with Crippen LogP contribution in [0.25, 0.3) is 0 Å². The zero-order chi connectivity index (χ0) is 13.5. The maximum atomic E-state index is 5.88. The van der Waals surface area contributed by atoms with E-state index in [-0.39, 0.29) is 6.10 Å². The predicted octanol–water partition coefficient (Wildman–Crippen LogP) is 2.69. The molecule has 0 aliphatic heterocycles. The lowest BCUT2D eigenvalue weighted by atomic mass is 10.0. The summed E-state index contributed by atoms with van der Waals surface area (Å²) in [5, 5.41) is 3.38. The number of hydrogen-bond acceptors (Lipinski definition) is 3. The van der Waals surface area contributed by atoms with Gasteiger partial charge in [-0.05, 0) is 54.0 Å². The summed E-state index contributed by atoms with van der Waals surface area (Å²) >= 11 is 0. The average molecular weight is 250 g/mol. The Balaban J connectivity index is 2.83. The molecule has 0 aliphatic carbocycles. The minimum Gasteiger partial charge on any atom is -0.491 e. The van der Waals surface area contributed by atoms with E-state index in [0.29, 0.717) is 6.04 Å². The third-order valence-electron chi connectivity index (χ3n) is 2.87. The number of rotatable bonds is 7. The van der Waals surface area contributed by atoms with Crippen molar-refractivity contribution in [3.05, 3.63) is 29.8 Å². The maximum absolute atomic E-state index is 5.88. The first-order chi connectivity index (χ1) is 8.54. The van der Waals surface area contributed by atoms with E-state index in [2.05, 4.69) is 56.4 Å². The summed E-state index contributed by atoms with van der Waals surface area (Å²) in [6.45, 7) is 5.18. The molecule has 102 valence electrons. The number of ether oxygens (including phenoxy) is 1. The van der Waals surface area contributed by atoms with Crippen molar-refractivity contribution in [2.24, 2.45) is 0 Å². The molecule has 0 bridgehead atoms. The standard InChI is InChI=1S/C15H26N2O/c1-12(2)18-15-9-7-6-8-13(15)14(16-3)10-11-17(4)5/h6-9,12,14,16H,10-11H2,1-5H3. The van der Waals surface area contributed by atoms with Crippen LogP contribution in [0.4, 0.5) is 0 Å². The Kier molecular flexibility index (Phi) is 6.16. The number of para-hydroxylation sites is 1. The van der Waals surface area contributed by atoms with E-state index in [1.165, 1.54) is 5.56 Å². The van der Waals surface area contributed by atoms with Gasteiger partial charge in [-0.25, -0.2) is 0 Å². The lowest BCUT2D eigenvalue weighted by molar-refractivity contribution is 0.236. The highest BCUT2D eigenvalue weighted by Crippen LogP contribution is 2.27. The lowest BCUT2D eigenvalue weighted by Crippen LogP contribution is -2.23. The molecule has 1 unspecified atom stereocenters. The molecular weight excluding hydrogens is 224 g/mol. The van der Waals surface area contributed by atoms with E-state index in [4.69, 9.17) is 4.74 Å². The Morgan fingerprint density at radius 2 is 1.89 bits per heavy atom. The topological polar surface area (TPSA) is 24.5 Å². The number of hydrogen-bond donors (Lipinski definition) is 1. The SMILES string of the molecule is CNC(CCN(C)C)c1ccccc1OC(C)C. The lowest BCUT2D eigenvalue weighted by Gasteiger charge is -2.22. The van der Waals surface area contributed by atoms with Gasteiger partial charge in [0.1, 0.15) is 5.75 Å². The normalized spacial score (nSPS) is 13.1. The van der Waals surface area contributed by atoms with Crippen molar-refractivity contribution in [3.63, 3.8) is 0 Å². The molecule has 0 fully saturated rings. The Morgan fingerprint density at radius 1 is 1.22 bits per heavy atom. The summed E-state index contributed by atoms with van der Waals surface area (Å²) in [6, 6.07) is 8.63. The molecule has 0 aromatic heterocycles. The summed E-state index contributed by atoms with van der Waals surface area (Å²) in [6.07, 6.45) is 1.28. The Labute approximate surface area is 111 Å². The van der Waals surface area contributed by atoms with Crippen LogP contribution in [0.1, 0.15) is 31.9 Å². The van der Waals surface area contributed by atoms with Crippen LogP contribution in [0.3, 0.4) is 0 Å². The Morgan fingerprint density at radius 3 is 2.44 bits per heavy atom. The molecular formula is C15H26N2O. The summed E-state index contributed by atoms with van der Waals surface area (Å²) in [5.74, 6) is 0.991. The molecule has 0 heterocycles. The van der Waals surface area contributed by atoms with Gasteiger partial charge in [0, 0.05) is 11.6 Å². The van der Waals surface area contributed by atoms with Gasteiger partial charge >= 0.3 is 0 Å². The van der Waals surface area contributed by atoms with Crippen molar-refractivity contribution < 1.29 is 4.74 Å². The zero-order valence-corrected chi connectivity index (χ0v) is 12.2. The van der Waals surface area contributed by atoms with E-state index in [0.717, 1.165) is 18.7 Å². The largest absolute Gasteiger partial charge is 0.491 e. The van der Waals surface area contributed by atoms with Crippen molar-refractivity contribution in [2.45, 2.75) is 32.4 Å². The van der Waals surface area contributed by atoms with Gasteiger partial charge in [0.15, 0.2) is 0 Å². The smallest absolute Gasteiger partial charge is 0.124 e. The van der Waals surface area contributed by atoms with Gasteiger partial charge in [0.25, 0.3) is 0 Å². The van der Waals surface area contributed by atoms with Crippen molar-refractivity contribution >= 4 is 0 Å². The van der Waals surface area contributed by atoms with Gasteiger partial charge in [0.2, 0.25) is 0 Å². The number of benzene rings is 1. The van der Waals surface area contributed by atoms with Crippen LogP contribution in [0, 0.1) is 0 Å². The van der Waals surface area contributed by atoms with Crippen LogP contribution in [-0.2, 0) is 0 Å². The monoisotopic (exact) mass is 250 g/mol. The van der Waals surface area contributed by atoms with Gasteiger partial charge in [-0.2, -0.15) is 0 Å². The highest BCUT2D eigenvalue weighted by molar-refractivity contribution is 5.36. The fourth-order valence-corrected chi connectivity index (χ4v) is 1.97. The van der Waals surface area contributed by atoms with Crippen molar-refractivity contribution in [1.29, 1.82) is 0 Å². The summed E-state index contributed by atoms with van der Waals surface area (Å²) in [5.41, 5.74) is 1.25. The molecule has 0 saturated carbocycles. The molecule has 1 aromatic rings. The van der Waals surface area contributed by atoms with E-state index in [1.54, 1.807) is 0 Å².